The summed E-state index contributed by atoms with van der Waals surface area (Å²) in [5.74, 6) is 1.16. The van der Waals surface area contributed by atoms with E-state index < -0.39 is 0 Å². The smallest absolute Gasteiger partial charge is 0.225 e. The normalized spacial score (nSPS) is 19.0. The van der Waals surface area contributed by atoms with Crippen LogP contribution in [0.25, 0.3) is 0 Å². The van der Waals surface area contributed by atoms with Crippen LogP contribution in [0.3, 0.4) is 0 Å². The minimum atomic E-state index is -0.338. The predicted octanol–water partition coefficient (Wildman–Crippen LogP) is 2.05. The number of hydrogen-bond acceptors (Lipinski definition) is 5. The van der Waals surface area contributed by atoms with Gasteiger partial charge in [0.2, 0.25) is 11.8 Å². The van der Waals surface area contributed by atoms with Gasteiger partial charge in [-0.3, -0.25) is 9.59 Å². The van der Waals surface area contributed by atoms with Gasteiger partial charge in [0.15, 0.2) is 0 Å². The lowest BCUT2D eigenvalue weighted by Crippen LogP contribution is -2.37. The summed E-state index contributed by atoms with van der Waals surface area (Å²) in [7, 11) is 4.80. The minimum absolute atomic E-state index is 0.0697. The second kappa shape index (κ2) is 10.3. The summed E-state index contributed by atoms with van der Waals surface area (Å²) in [6, 6.07) is 5.60. The van der Waals surface area contributed by atoms with Crippen molar-refractivity contribution in [2.75, 3.05) is 47.6 Å². The van der Waals surface area contributed by atoms with E-state index in [0.717, 1.165) is 5.56 Å². The van der Waals surface area contributed by atoms with Crippen LogP contribution in [0.2, 0.25) is 0 Å². The Morgan fingerprint density at radius 1 is 1.18 bits per heavy atom. The number of carbonyl (C=O) groups excluding carboxylic acids is 2. The van der Waals surface area contributed by atoms with Gasteiger partial charge < -0.3 is 24.4 Å². The number of amides is 2. The van der Waals surface area contributed by atoms with E-state index in [0.29, 0.717) is 44.2 Å². The summed E-state index contributed by atoms with van der Waals surface area (Å²) in [6.45, 7) is 5.84. The number of nitrogens with zero attached hydrogens (tertiary/aromatic N) is 1. The van der Waals surface area contributed by atoms with Crippen LogP contribution in [-0.4, -0.2) is 64.3 Å². The van der Waals surface area contributed by atoms with Crippen LogP contribution < -0.4 is 14.8 Å². The quantitative estimate of drug-likeness (QED) is 0.651. The minimum Gasteiger partial charge on any atom is -0.497 e. The van der Waals surface area contributed by atoms with Crippen LogP contribution in [0.15, 0.2) is 18.2 Å². The third-order valence-corrected chi connectivity index (χ3v) is 5.04. The highest BCUT2D eigenvalue weighted by Crippen LogP contribution is 2.39. The first-order valence-corrected chi connectivity index (χ1v) is 9.67. The lowest BCUT2D eigenvalue weighted by atomic mass is 9.87. The number of hydrogen-bond donors (Lipinski definition) is 1. The third-order valence-electron chi connectivity index (χ3n) is 5.04. The summed E-state index contributed by atoms with van der Waals surface area (Å²) < 4.78 is 15.8. The highest BCUT2D eigenvalue weighted by Gasteiger charge is 2.41. The van der Waals surface area contributed by atoms with Crippen LogP contribution in [0.1, 0.15) is 31.7 Å². The maximum Gasteiger partial charge on any atom is 0.225 e. The molecule has 0 radical (unpaired) electrons. The molecule has 7 nitrogen and oxygen atoms in total. The zero-order chi connectivity index (χ0) is 20.7. The molecule has 0 bridgehead atoms. The first-order chi connectivity index (χ1) is 13.4. The van der Waals surface area contributed by atoms with Crippen LogP contribution in [-0.2, 0) is 14.3 Å². The van der Waals surface area contributed by atoms with E-state index in [2.05, 4.69) is 5.32 Å². The highest BCUT2D eigenvalue weighted by atomic mass is 16.5. The van der Waals surface area contributed by atoms with Gasteiger partial charge in [-0.15, -0.1) is 0 Å². The van der Waals surface area contributed by atoms with Crippen molar-refractivity contribution in [3.63, 3.8) is 0 Å². The molecule has 0 spiro atoms. The van der Waals surface area contributed by atoms with Crippen LogP contribution in [0.5, 0.6) is 11.5 Å². The summed E-state index contributed by atoms with van der Waals surface area (Å²) in [5.41, 5.74) is 0.912. The van der Waals surface area contributed by atoms with Crippen molar-refractivity contribution in [1.82, 2.24) is 10.2 Å². The maximum absolute atomic E-state index is 12.8. The van der Waals surface area contributed by atoms with E-state index in [1.807, 2.05) is 32.0 Å². The van der Waals surface area contributed by atoms with Crippen molar-refractivity contribution < 1.29 is 23.8 Å². The molecule has 1 aromatic rings. The Morgan fingerprint density at radius 3 is 2.54 bits per heavy atom. The predicted molar refractivity (Wildman–Crippen MR) is 107 cm³/mol. The van der Waals surface area contributed by atoms with E-state index in [1.54, 1.807) is 26.2 Å². The van der Waals surface area contributed by atoms with E-state index in [-0.39, 0.29) is 29.6 Å². The molecule has 28 heavy (non-hydrogen) atoms. The van der Waals surface area contributed by atoms with E-state index in [4.69, 9.17) is 14.2 Å². The molecule has 1 fully saturated rings. The molecular weight excluding hydrogens is 360 g/mol. The van der Waals surface area contributed by atoms with E-state index in [1.165, 1.54) is 0 Å². The van der Waals surface area contributed by atoms with Gasteiger partial charge in [-0.25, -0.2) is 0 Å². The fraction of sp³-hybridized carbons (Fsp3) is 0.619. The van der Waals surface area contributed by atoms with Crippen molar-refractivity contribution >= 4 is 11.8 Å². The number of nitrogens with one attached hydrogen (secondary N) is 1. The molecule has 1 aliphatic heterocycles. The van der Waals surface area contributed by atoms with Gasteiger partial charge in [-0.05, 0) is 12.0 Å². The topological polar surface area (TPSA) is 77.1 Å². The zero-order valence-electron chi connectivity index (χ0n) is 17.5. The number of ether oxygens (including phenoxy) is 3. The largest absolute Gasteiger partial charge is 0.497 e. The molecule has 7 heteroatoms. The fourth-order valence-corrected chi connectivity index (χ4v) is 3.60. The van der Waals surface area contributed by atoms with E-state index >= 15 is 0 Å². The lowest BCUT2D eigenvalue weighted by molar-refractivity contribution is -0.131. The number of methoxy groups -OCH3 is 3. The summed E-state index contributed by atoms with van der Waals surface area (Å²) >= 11 is 0. The van der Waals surface area contributed by atoms with Crippen molar-refractivity contribution in [2.24, 2.45) is 11.8 Å². The fourth-order valence-electron chi connectivity index (χ4n) is 3.60. The molecule has 2 amide bonds. The van der Waals surface area contributed by atoms with Crippen LogP contribution in [0.4, 0.5) is 0 Å². The number of rotatable bonds is 9. The molecule has 0 aromatic heterocycles. The Kier molecular flexibility index (Phi) is 8.11. The molecule has 0 aliphatic carbocycles. The van der Waals surface area contributed by atoms with Crippen molar-refractivity contribution in [1.29, 1.82) is 0 Å². The Bertz CT molecular complexity index is 677. The molecular formula is C21H32N2O5. The standard InChI is InChI=1S/C21H32N2O5/c1-14(2)10-20(24)23-12-17(18(13-23)21(25)22-8-9-26-3)16-7-6-15(27-4)11-19(16)28-5/h6-7,11,14,17-18H,8-10,12-13H2,1-5H3,(H,22,25). The van der Waals surface area contributed by atoms with Gasteiger partial charge in [0.1, 0.15) is 11.5 Å². The average Bonchev–Trinajstić information content (AvgIpc) is 3.12. The molecule has 1 heterocycles. The van der Waals surface area contributed by atoms with Crippen LogP contribution >= 0.6 is 0 Å². The van der Waals surface area contributed by atoms with E-state index in [9.17, 15) is 9.59 Å². The maximum atomic E-state index is 12.8. The Morgan fingerprint density at radius 2 is 1.93 bits per heavy atom. The molecule has 0 saturated carbocycles. The van der Waals surface area contributed by atoms with Gasteiger partial charge in [-0.2, -0.15) is 0 Å². The van der Waals surface area contributed by atoms with Crippen molar-refractivity contribution in [3.05, 3.63) is 23.8 Å². The molecule has 1 saturated heterocycles. The van der Waals surface area contributed by atoms with Gasteiger partial charge in [-0.1, -0.05) is 19.9 Å². The molecule has 2 unspecified atom stereocenters. The van der Waals surface area contributed by atoms with Gasteiger partial charge in [0.25, 0.3) is 0 Å². The summed E-state index contributed by atoms with van der Waals surface area (Å²) in [4.78, 5) is 27.3. The van der Waals surface area contributed by atoms with Crippen molar-refractivity contribution in [3.8, 4) is 11.5 Å². The Labute approximate surface area is 167 Å². The van der Waals surface area contributed by atoms with Gasteiger partial charge in [0, 0.05) is 50.7 Å². The van der Waals surface area contributed by atoms with Gasteiger partial charge >= 0.3 is 0 Å². The highest BCUT2D eigenvalue weighted by molar-refractivity contribution is 5.83. The molecule has 2 atom stereocenters. The number of likely N-dealkylation sites (tertiary alicyclic amines) is 1. The van der Waals surface area contributed by atoms with Gasteiger partial charge in [0.05, 0.1) is 26.7 Å². The second-order valence-electron chi connectivity index (χ2n) is 7.50. The summed E-state index contributed by atoms with van der Waals surface area (Å²) in [5, 5.41) is 2.92. The SMILES string of the molecule is COCCNC(=O)C1CN(C(=O)CC(C)C)CC1c1ccc(OC)cc1OC. The third kappa shape index (κ3) is 5.38. The van der Waals surface area contributed by atoms with Crippen molar-refractivity contribution in [2.45, 2.75) is 26.2 Å². The number of carbonyl (C=O) groups is 2. The Balaban J connectivity index is 2.28. The number of benzene rings is 1. The average molecular weight is 392 g/mol. The molecule has 2 rings (SSSR count). The first kappa shape index (κ1) is 22.0. The second-order valence-corrected chi connectivity index (χ2v) is 7.50. The zero-order valence-corrected chi connectivity index (χ0v) is 17.5. The molecule has 1 aliphatic rings. The summed E-state index contributed by atoms with van der Waals surface area (Å²) in [6.07, 6.45) is 0.477. The van der Waals surface area contributed by atoms with Crippen LogP contribution in [0, 0.1) is 11.8 Å². The molecule has 1 N–H and O–H groups in total. The molecule has 156 valence electrons. The molecule has 1 aromatic carbocycles. The lowest BCUT2D eigenvalue weighted by Gasteiger charge is -2.21. The first-order valence-electron chi connectivity index (χ1n) is 9.67. The monoisotopic (exact) mass is 392 g/mol. The Hall–Kier alpha value is -2.28.